The molecule has 0 saturated carbocycles. The van der Waals surface area contributed by atoms with Crippen LogP contribution >= 0.6 is 11.3 Å². The Bertz CT molecular complexity index is 552. The average Bonchev–Trinajstić information content (AvgIpc) is 2.61. The van der Waals surface area contributed by atoms with Gasteiger partial charge < -0.3 is 5.11 Å². The zero-order valence-electron chi connectivity index (χ0n) is 8.28. The molecule has 0 spiro atoms. The molecule has 0 aliphatic rings. The zero-order chi connectivity index (χ0) is 11.0. The monoisotopic (exact) mass is 218 g/mol. The van der Waals surface area contributed by atoms with Crippen molar-refractivity contribution in [2.45, 2.75) is 6.92 Å². The van der Waals surface area contributed by atoms with E-state index in [0.29, 0.717) is 4.88 Å². The molecule has 2 rings (SSSR count). The Morgan fingerprint density at radius 2 is 2.27 bits per heavy atom. The second-order valence-electron chi connectivity index (χ2n) is 3.33. The van der Waals surface area contributed by atoms with Gasteiger partial charge >= 0.3 is 5.97 Å². The lowest BCUT2D eigenvalue weighted by Gasteiger charge is -2.00. The lowest BCUT2D eigenvalue weighted by molar-refractivity contribution is 0.0702. The van der Waals surface area contributed by atoms with Gasteiger partial charge in [0.15, 0.2) is 0 Å². The molecule has 0 saturated heterocycles. The molecule has 0 bridgehead atoms. The number of hydrogen-bond acceptors (Lipinski definition) is 2. The Morgan fingerprint density at radius 1 is 1.53 bits per heavy atom. The van der Waals surface area contributed by atoms with E-state index >= 15 is 0 Å². The first-order chi connectivity index (χ1) is 7.13. The fraction of sp³-hybridized carbons (Fsp3) is 0.0833. The van der Waals surface area contributed by atoms with Crippen molar-refractivity contribution in [1.29, 1.82) is 0 Å². The highest BCUT2D eigenvalue weighted by molar-refractivity contribution is 7.21. The second-order valence-corrected chi connectivity index (χ2v) is 4.39. The van der Waals surface area contributed by atoms with Gasteiger partial charge in [0.1, 0.15) is 4.88 Å². The van der Waals surface area contributed by atoms with E-state index in [-0.39, 0.29) is 0 Å². The normalized spacial score (nSPS) is 10.5. The van der Waals surface area contributed by atoms with Gasteiger partial charge in [0.2, 0.25) is 0 Å². The highest BCUT2D eigenvalue weighted by Gasteiger charge is 2.10. The van der Waals surface area contributed by atoms with Crippen LogP contribution in [0.25, 0.3) is 16.2 Å². The Hall–Kier alpha value is -1.61. The summed E-state index contributed by atoms with van der Waals surface area (Å²) in [6, 6.07) is 5.63. The molecule has 0 radical (unpaired) electrons. The summed E-state index contributed by atoms with van der Waals surface area (Å²) in [4.78, 5) is 11.2. The fourth-order valence-corrected chi connectivity index (χ4v) is 2.67. The maximum absolute atomic E-state index is 10.8. The van der Waals surface area contributed by atoms with Gasteiger partial charge in [-0.05, 0) is 29.5 Å². The molecule has 1 aromatic carbocycles. The van der Waals surface area contributed by atoms with Crippen LogP contribution in [-0.4, -0.2) is 11.1 Å². The molecule has 1 aromatic heterocycles. The van der Waals surface area contributed by atoms with Crippen LogP contribution in [0, 0.1) is 6.92 Å². The molecular weight excluding hydrogens is 208 g/mol. The fourth-order valence-electron chi connectivity index (χ4n) is 1.58. The molecule has 3 heteroatoms. The van der Waals surface area contributed by atoms with Gasteiger partial charge in [0, 0.05) is 4.70 Å². The van der Waals surface area contributed by atoms with Gasteiger partial charge in [-0.25, -0.2) is 4.79 Å². The third-order valence-corrected chi connectivity index (χ3v) is 3.53. The predicted molar refractivity (Wildman–Crippen MR) is 63.6 cm³/mol. The minimum atomic E-state index is -0.871. The number of benzene rings is 1. The Kier molecular flexibility index (Phi) is 2.32. The minimum absolute atomic E-state index is 0.374. The summed E-state index contributed by atoms with van der Waals surface area (Å²) in [5, 5.41) is 9.87. The van der Waals surface area contributed by atoms with Gasteiger partial charge in [-0.15, -0.1) is 11.3 Å². The quantitative estimate of drug-likeness (QED) is 0.836. The minimum Gasteiger partial charge on any atom is -0.477 e. The van der Waals surface area contributed by atoms with Crippen molar-refractivity contribution in [3.63, 3.8) is 0 Å². The maximum atomic E-state index is 10.8. The lowest BCUT2D eigenvalue weighted by Crippen LogP contribution is -1.89. The number of aromatic carboxylic acids is 1. The first-order valence-electron chi connectivity index (χ1n) is 4.52. The van der Waals surface area contributed by atoms with Gasteiger partial charge in [0.05, 0.1) is 0 Å². The van der Waals surface area contributed by atoms with Crippen molar-refractivity contribution < 1.29 is 9.90 Å². The van der Waals surface area contributed by atoms with Crippen LogP contribution in [0.2, 0.25) is 0 Å². The Morgan fingerprint density at radius 3 is 2.87 bits per heavy atom. The summed E-state index contributed by atoms with van der Waals surface area (Å²) >= 11 is 1.30. The van der Waals surface area contributed by atoms with Crippen LogP contribution < -0.4 is 0 Å². The summed E-state index contributed by atoms with van der Waals surface area (Å²) in [5.41, 5.74) is 2.15. The van der Waals surface area contributed by atoms with Crippen molar-refractivity contribution in [2.24, 2.45) is 0 Å². The number of carboxylic acid groups (broad SMARTS) is 1. The SMILES string of the molecule is C=Cc1c(C)ccc2cc(C(=O)O)sc12. The maximum Gasteiger partial charge on any atom is 0.345 e. The van der Waals surface area contributed by atoms with Gasteiger partial charge in [0.25, 0.3) is 0 Å². The second kappa shape index (κ2) is 3.51. The molecule has 0 aliphatic heterocycles. The molecule has 2 nitrogen and oxygen atoms in total. The number of rotatable bonds is 2. The molecular formula is C12H10O2S. The van der Waals surface area contributed by atoms with Crippen molar-refractivity contribution in [3.8, 4) is 0 Å². The molecule has 0 atom stereocenters. The van der Waals surface area contributed by atoms with E-state index in [1.807, 2.05) is 19.1 Å². The number of carboxylic acids is 1. The molecule has 0 unspecified atom stereocenters. The van der Waals surface area contributed by atoms with Crippen LogP contribution in [0.3, 0.4) is 0 Å². The molecule has 15 heavy (non-hydrogen) atoms. The van der Waals surface area contributed by atoms with Gasteiger partial charge in [-0.1, -0.05) is 24.8 Å². The van der Waals surface area contributed by atoms with Crippen molar-refractivity contribution in [2.75, 3.05) is 0 Å². The van der Waals surface area contributed by atoms with E-state index in [1.54, 1.807) is 12.1 Å². The smallest absolute Gasteiger partial charge is 0.345 e. The van der Waals surface area contributed by atoms with E-state index < -0.39 is 5.97 Å². The molecule has 1 heterocycles. The molecule has 2 aromatic rings. The number of fused-ring (bicyclic) bond motifs is 1. The Labute approximate surface area is 91.5 Å². The van der Waals surface area contributed by atoms with Crippen LogP contribution in [0.15, 0.2) is 24.8 Å². The summed E-state index contributed by atoms with van der Waals surface area (Å²) in [6.07, 6.45) is 1.78. The van der Waals surface area contributed by atoms with E-state index in [4.69, 9.17) is 5.11 Å². The zero-order valence-corrected chi connectivity index (χ0v) is 9.10. The van der Waals surface area contributed by atoms with Crippen molar-refractivity contribution in [1.82, 2.24) is 0 Å². The summed E-state index contributed by atoms with van der Waals surface area (Å²) in [5.74, 6) is -0.871. The van der Waals surface area contributed by atoms with E-state index in [1.165, 1.54) is 11.3 Å². The third kappa shape index (κ3) is 1.55. The molecule has 76 valence electrons. The first kappa shape index (κ1) is 9.93. The van der Waals surface area contributed by atoms with E-state index in [2.05, 4.69) is 6.58 Å². The summed E-state index contributed by atoms with van der Waals surface area (Å²) < 4.78 is 1.00. The summed E-state index contributed by atoms with van der Waals surface area (Å²) in [7, 11) is 0. The standard InChI is InChI=1S/C12H10O2S/c1-3-9-7(2)4-5-8-6-10(12(13)14)15-11(8)9/h3-6H,1H2,2H3,(H,13,14). The highest BCUT2D eigenvalue weighted by Crippen LogP contribution is 2.31. The molecule has 0 fully saturated rings. The third-order valence-electron chi connectivity index (χ3n) is 2.36. The average molecular weight is 218 g/mol. The number of carbonyl (C=O) groups is 1. The van der Waals surface area contributed by atoms with Crippen LogP contribution in [0.1, 0.15) is 20.8 Å². The van der Waals surface area contributed by atoms with Crippen molar-refractivity contribution >= 4 is 33.5 Å². The molecule has 0 amide bonds. The largest absolute Gasteiger partial charge is 0.477 e. The topological polar surface area (TPSA) is 37.3 Å². The lowest BCUT2D eigenvalue weighted by atomic mass is 10.1. The molecule has 1 N–H and O–H groups in total. The van der Waals surface area contributed by atoms with Crippen LogP contribution in [-0.2, 0) is 0 Å². The van der Waals surface area contributed by atoms with Gasteiger partial charge in [-0.3, -0.25) is 0 Å². The predicted octanol–water partition coefficient (Wildman–Crippen LogP) is 3.55. The van der Waals surface area contributed by atoms with Crippen LogP contribution in [0.4, 0.5) is 0 Å². The number of aryl methyl sites for hydroxylation is 1. The number of hydrogen-bond donors (Lipinski definition) is 1. The van der Waals surface area contributed by atoms with Crippen LogP contribution in [0.5, 0.6) is 0 Å². The summed E-state index contributed by atoms with van der Waals surface area (Å²) in [6.45, 7) is 5.75. The van der Waals surface area contributed by atoms with E-state index in [9.17, 15) is 4.79 Å². The van der Waals surface area contributed by atoms with Gasteiger partial charge in [-0.2, -0.15) is 0 Å². The Balaban J connectivity index is 2.80. The first-order valence-corrected chi connectivity index (χ1v) is 5.34. The number of thiophene rings is 1. The molecule has 0 aliphatic carbocycles. The van der Waals surface area contributed by atoms with Crippen molar-refractivity contribution in [3.05, 3.63) is 40.8 Å². The highest BCUT2D eigenvalue weighted by atomic mass is 32.1. The van der Waals surface area contributed by atoms with E-state index in [0.717, 1.165) is 21.2 Å².